The molecular formula is C27H31N5O5S. The van der Waals surface area contributed by atoms with Crippen molar-refractivity contribution in [3.63, 3.8) is 0 Å². The third-order valence-corrected chi connectivity index (χ3v) is 7.03. The van der Waals surface area contributed by atoms with E-state index in [1.54, 1.807) is 66.7 Å². The van der Waals surface area contributed by atoms with Gasteiger partial charge in [0.15, 0.2) is 0 Å². The van der Waals surface area contributed by atoms with E-state index in [2.05, 4.69) is 15.4 Å². The number of sulfonamides is 1. The molecule has 200 valence electrons. The smallest absolute Gasteiger partial charge is 0.239 e. The molecule has 11 heteroatoms. The number of carbonyl (C=O) groups excluding carboxylic acids is 2. The number of nitrogens with one attached hydrogen (secondary N) is 4. The number of benzene rings is 3. The van der Waals surface area contributed by atoms with E-state index in [9.17, 15) is 23.1 Å². The van der Waals surface area contributed by atoms with Crippen molar-refractivity contribution >= 4 is 27.7 Å². The highest BCUT2D eigenvalue weighted by Crippen LogP contribution is 2.13. The Morgan fingerprint density at radius 1 is 0.868 bits per heavy atom. The molecule has 10 nitrogen and oxygen atoms in total. The lowest BCUT2D eigenvalue weighted by Gasteiger charge is -2.19. The molecule has 0 saturated carbocycles. The number of carbonyl (C=O) groups is 2. The van der Waals surface area contributed by atoms with Gasteiger partial charge in [0.25, 0.3) is 0 Å². The van der Waals surface area contributed by atoms with Crippen molar-refractivity contribution in [2.24, 2.45) is 5.73 Å². The second-order valence-corrected chi connectivity index (χ2v) is 10.5. The van der Waals surface area contributed by atoms with Crippen molar-refractivity contribution in [2.75, 3.05) is 6.54 Å². The second kappa shape index (κ2) is 13.4. The Balaban J connectivity index is 1.59. The Bertz CT molecular complexity index is 1340. The SMILES string of the molecule is N=C(N)c1ccc(CNC(=O)CNC(=O)[C@@H](CCc2ccc(O)cc2)NS(=O)(=O)Cc2ccccc2)cc1. The number of hydrogen-bond acceptors (Lipinski definition) is 6. The monoisotopic (exact) mass is 537 g/mol. The first-order valence-corrected chi connectivity index (χ1v) is 13.6. The lowest BCUT2D eigenvalue weighted by molar-refractivity contribution is -0.127. The van der Waals surface area contributed by atoms with Crippen molar-refractivity contribution in [1.29, 1.82) is 5.41 Å². The number of nitrogens with two attached hydrogens (primary N) is 1. The third-order valence-electron chi connectivity index (χ3n) is 5.67. The fraction of sp³-hybridized carbons (Fsp3) is 0.222. The van der Waals surface area contributed by atoms with Gasteiger partial charge in [-0.2, -0.15) is 0 Å². The molecule has 0 aliphatic heterocycles. The summed E-state index contributed by atoms with van der Waals surface area (Å²) in [5.41, 5.74) is 8.19. The zero-order valence-corrected chi connectivity index (χ0v) is 21.5. The Labute approximate surface area is 221 Å². The molecule has 0 fully saturated rings. The van der Waals surface area contributed by atoms with Crippen molar-refractivity contribution < 1.29 is 23.1 Å². The molecule has 3 aromatic carbocycles. The highest BCUT2D eigenvalue weighted by molar-refractivity contribution is 7.88. The molecule has 1 atom stereocenters. The maximum atomic E-state index is 12.9. The molecule has 0 unspecified atom stereocenters. The van der Waals surface area contributed by atoms with Crippen LogP contribution in [0, 0.1) is 5.41 Å². The topological polar surface area (TPSA) is 174 Å². The molecule has 0 aliphatic rings. The van der Waals surface area contributed by atoms with Crippen LogP contribution in [0.1, 0.15) is 28.7 Å². The number of rotatable bonds is 13. The minimum atomic E-state index is -3.86. The number of hydrogen-bond donors (Lipinski definition) is 6. The molecule has 0 saturated heterocycles. The van der Waals surface area contributed by atoms with Gasteiger partial charge in [0.05, 0.1) is 12.3 Å². The van der Waals surface area contributed by atoms with Crippen molar-refractivity contribution in [3.05, 3.63) is 101 Å². The van der Waals surface area contributed by atoms with Gasteiger partial charge in [-0.1, -0.05) is 66.7 Å². The molecule has 2 amide bonds. The first kappa shape index (κ1) is 28.4. The van der Waals surface area contributed by atoms with Crippen LogP contribution in [-0.4, -0.2) is 43.8 Å². The molecule has 38 heavy (non-hydrogen) atoms. The van der Waals surface area contributed by atoms with Gasteiger partial charge < -0.3 is 21.5 Å². The fourth-order valence-electron chi connectivity index (χ4n) is 3.63. The number of phenols is 1. The molecule has 0 spiro atoms. The van der Waals surface area contributed by atoms with E-state index >= 15 is 0 Å². The van der Waals surface area contributed by atoms with Crippen LogP contribution in [-0.2, 0) is 38.3 Å². The molecule has 3 aromatic rings. The number of phenolic OH excluding ortho intramolecular Hbond substituents is 1. The van der Waals surface area contributed by atoms with Gasteiger partial charge in [0.1, 0.15) is 17.6 Å². The standard InChI is InChI=1S/C27H31N5O5S/c28-26(29)22-11-6-20(7-12-22)16-30-25(34)17-31-27(35)24(15-10-19-8-13-23(33)14-9-19)32-38(36,37)18-21-4-2-1-3-5-21/h1-9,11-14,24,32-33H,10,15-18H2,(H3,28,29)(H,30,34)(H,31,35)/t24-/m1/s1. The van der Waals surface area contributed by atoms with Crippen LogP contribution < -0.4 is 21.1 Å². The summed E-state index contributed by atoms with van der Waals surface area (Å²) in [7, 11) is -3.86. The van der Waals surface area contributed by atoms with Crippen LogP contribution in [0.2, 0.25) is 0 Å². The summed E-state index contributed by atoms with van der Waals surface area (Å²) in [5.74, 6) is -1.31. The molecule has 3 rings (SSSR count). The van der Waals surface area contributed by atoms with Gasteiger partial charge in [0.2, 0.25) is 21.8 Å². The minimum Gasteiger partial charge on any atom is -0.508 e. The van der Waals surface area contributed by atoms with E-state index in [1.165, 1.54) is 12.1 Å². The first-order chi connectivity index (χ1) is 18.1. The highest BCUT2D eigenvalue weighted by Gasteiger charge is 2.25. The number of nitrogen functional groups attached to an aromatic ring is 1. The van der Waals surface area contributed by atoms with Crippen LogP contribution in [0.25, 0.3) is 0 Å². The van der Waals surface area contributed by atoms with Gasteiger partial charge in [0, 0.05) is 12.1 Å². The van der Waals surface area contributed by atoms with E-state index in [1.807, 2.05) is 0 Å². The summed E-state index contributed by atoms with van der Waals surface area (Å²) >= 11 is 0. The van der Waals surface area contributed by atoms with Crippen molar-refractivity contribution in [3.8, 4) is 5.75 Å². The second-order valence-electron chi connectivity index (χ2n) is 8.73. The quantitative estimate of drug-likeness (QED) is 0.142. The van der Waals surface area contributed by atoms with Crippen molar-refractivity contribution in [1.82, 2.24) is 15.4 Å². The van der Waals surface area contributed by atoms with E-state index in [0.717, 1.165) is 11.1 Å². The van der Waals surface area contributed by atoms with Gasteiger partial charge in [-0.3, -0.25) is 15.0 Å². The summed E-state index contributed by atoms with van der Waals surface area (Å²) in [6, 6.07) is 20.7. The van der Waals surface area contributed by atoms with Crippen LogP contribution in [0.5, 0.6) is 5.75 Å². The van der Waals surface area contributed by atoms with Crippen LogP contribution >= 0.6 is 0 Å². The molecular weight excluding hydrogens is 506 g/mol. The largest absolute Gasteiger partial charge is 0.508 e. The predicted octanol–water partition coefficient (Wildman–Crippen LogP) is 1.53. The lowest BCUT2D eigenvalue weighted by atomic mass is 10.1. The van der Waals surface area contributed by atoms with Crippen LogP contribution in [0.3, 0.4) is 0 Å². The Hall–Kier alpha value is -4.22. The molecule has 0 heterocycles. The summed E-state index contributed by atoms with van der Waals surface area (Å²) in [6.07, 6.45) is 0.517. The molecule has 7 N–H and O–H groups in total. The average molecular weight is 538 g/mol. The van der Waals surface area contributed by atoms with Crippen molar-refractivity contribution in [2.45, 2.75) is 31.2 Å². The summed E-state index contributed by atoms with van der Waals surface area (Å²) in [5, 5.41) is 22.1. The first-order valence-electron chi connectivity index (χ1n) is 11.9. The zero-order chi connectivity index (χ0) is 27.5. The normalized spacial score (nSPS) is 11.9. The number of amides is 2. The van der Waals surface area contributed by atoms with E-state index in [0.29, 0.717) is 17.5 Å². The minimum absolute atomic E-state index is 0.0531. The molecule has 0 aliphatic carbocycles. The van der Waals surface area contributed by atoms with Gasteiger partial charge in [-0.05, 0) is 41.7 Å². The van der Waals surface area contributed by atoms with Gasteiger partial charge >= 0.3 is 0 Å². The summed E-state index contributed by atoms with van der Waals surface area (Å²) in [6.45, 7) is -0.124. The van der Waals surface area contributed by atoms with E-state index in [4.69, 9.17) is 11.1 Å². The van der Waals surface area contributed by atoms with Gasteiger partial charge in [-0.25, -0.2) is 13.1 Å². The number of aryl methyl sites for hydroxylation is 1. The maximum absolute atomic E-state index is 12.9. The Kier molecular flexibility index (Phi) is 9.97. The van der Waals surface area contributed by atoms with E-state index < -0.39 is 27.9 Å². The van der Waals surface area contributed by atoms with Crippen LogP contribution in [0.4, 0.5) is 0 Å². The maximum Gasteiger partial charge on any atom is 0.239 e. The number of amidine groups is 1. The third kappa shape index (κ3) is 9.34. The molecule has 0 aromatic heterocycles. The lowest BCUT2D eigenvalue weighted by Crippen LogP contribution is -2.49. The summed E-state index contributed by atoms with van der Waals surface area (Å²) in [4.78, 5) is 25.3. The number of aromatic hydroxyl groups is 1. The predicted molar refractivity (Wildman–Crippen MR) is 145 cm³/mol. The Morgan fingerprint density at radius 2 is 1.50 bits per heavy atom. The zero-order valence-electron chi connectivity index (χ0n) is 20.7. The fourth-order valence-corrected chi connectivity index (χ4v) is 5.00. The van der Waals surface area contributed by atoms with Crippen LogP contribution in [0.15, 0.2) is 78.9 Å². The molecule has 0 bridgehead atoms. The molecule has 0 radical (unpaired) electrons. The highest BCUT2D eigenvalue weighted by atomic mass is 32.2. The van der Waals surface area contributed by atoms with E-state index in [-0.39, 0.29) is 36.8 Å². The Morgan fingerprint density at radius 3 is 2.13 bits per heavy atom. The van der Waals surface area contributed by atoms with Gasteiger partial charge in [-0.15, -0.1) is 0 Å². The average Bonchev–Trinajstić information content (AvgIpc) is 2.89. The summed E-state index contributed by atoms with van der Waals surface area (Å²) < 4.78 is 28.1.